The summed E-state index contributed by atoms with van der Waals surface area (Å²) in [6.07, 6.45) is 0. The van der Waals surface area contributed by atoms with Crippen molar-refractivity contribution in [1.29, 1.82) is 0 Å². The second-order valence-corrected chi connectivity index (χ2v) is 5.00. The van der Waals surface area contributed by atoms with Crippen LogP contribution in [0.5, 0.6) is 5.75 Å². The van der Waals surface area contributed by atoms with Gasteiger partial charge in [0.05, 0.1) is 7.11 Å². The molecule has 1 aromatic heterocycles. The molecule has 3 aromatic rings. The van der Waals surface area contributed by atoms with Gasteiger partial charge in [-0.15, -0.1) is 0 Å². The second kappa shape index (κ2) is 7.68. The van der Waals surface area contributed by atoms with Crippen LogP contribution in [0.4, 0.5) is 0 Å². The maximum Gasteiger partial charge on any atom is 0.118 e. The molecule has 0 unspecified atom stereocenters. The van der Waals surface area contributed by atoms with E-state index in [1.165, 1.54) is 0 Å². The van der Waals surface area contributed by atoms with Crippen LogP contribution in [0.1, 0.15) is 22.5 Å². The van der Waals surface area contributed by atoms with E-state index in [0.717, 1.165) is 16.9 Å². The number of nitrogens with zero attached hydrogens (tertiary/aromatic N) is 1. The molecule has 0 aliphatic carbocycles. The van der Waals surface area contributed by atoms with Gasteiger partial charge in [-0.2, -0.15) is 0 Å². The monoisotopic (exact) mass is 309 g/mol. The Kier molecular flexibility index (Phi) is 4.93. The number of hydrogen-bond donors (Lipinski definition) is 0. The van der Waals surface area contributed by atoms with Crippen molar-refractivity contribution in [3.63, 3.8) is 0 Å². The average Bonchev–Trinajstić information content (AvgIpc) is 2.66. The number of rotatable bonds is 1. The molecule has 0 saturated carbocycles. The largest absolute Gasteiger partial charge is 0.497 e. The maximum absolute atomic E-state index is 5.14. The van der Waals surface area contributed by atoms with Gasteiger partial charge in [-0.1, -0.05) is 36.1 Å². The predicted molar refractivity (Wildman–Crippen MR) is 95.6 cm³/mol. The minimum atomic E-state index is 0.700. The van der Waals surface area contributed by atoms with Gasteiger partial charge in [0.25, 0.3) is 0 Å². The number of ether oxygens (including phenoxy) is 1. The number of pyridine rings is 1. The van der Waals surface area contributed by atoms with Crippen molar-refractivity contribution in [2.45, 2.75) is 0 Å². The molecule has 0 saturated heterocycles. The molecule has 2 aromatic carbocycles. The Hall–Kier alpha value is -3.49. The molecule has 0 spiro atoms. The minimum absolute atomic E-state index is 0.700. The fourth-order valence-corrected chi connectivity index (χ4v) is 2.04. The molecule has 0 amide bonds. The minimum Gasteiger partial charge on any atom is -0.497 e. The van der Waals surface area contributed by atoms with Crippen LogP contribution in [0.15, 0.2) is 72.8 Å². The Morgan fingerprint density at radius 3 is 1.79 bits per heavy atom. The fourth-order valence-electron chi connectivity index (χ4n) is 2.04. The third-order valence-corrected chi connectivity index (χ3v) is 3.28. The highest BCUT2D eigenvalue weighted by Gasteiger charge is 1.93. The molecule has 1 heterocycles. The lowest BCUT2D eigenvalue weighted by atomic mass is 10.2. The van der Waals surface area contributed by atoms with Crippen molar-refractivity contribution < 1.29 is 4.74 Å². The van der Waals surface area contributed by atoms with Gasteiger partial charge in [-0.3, -0.25) is 0 Å². The van der Waals surface area contributed by atoms with Crippen molar-refractivity contribution in [3.8, 4) is 29.4 Å². The zero-order chi connectivity index (χ0) is 16.6. The first-order chi connectivity index (χ1) is 11.8. The lowest BCUT2D eigenvalue weighted by Gasteiger charge is -1.97. The summed E-state index contributed by atoms with van der Waals surface area (Å²) < 4.78 is 5.14. The molecule has 114 valence electrons. The Balaban J connectivity index is 1.79. The molecule has 0 radical (unpaired) electrons. The summed E-state index contributed by atoms with van der Waals surface area (Å²) in [4.78, 5) is 4.46. The molecule has 24 heavy (non-hydrogen) atoms. The predicted octanol–water partition coefficient (Wildman–Crippen LogP) is 3.89. The van der Waals surface area contributed by atoms with Crippen LogP contribution in [0.3, 0.4) is 0 Å². The molecule has 0 aliphatic heterocycles. The number of aromatic nitrogens is 1. The SMILES string of the molecule is COc1ccc(C#Cc2cccc(C#Cc3ccccc3)n2)cc1. The Morgan fingerprint density at radius 2 is 1.21 bits per heavy atom. The summed E-state index contributed by atoms with van der Waals surface area (Å²) in [5.74, 6) is 13.2. The molecule has 0 fully saturated rings. The van der Waals surface area contributed by atoms with Gasteiger partial charge in [-0.25, -0.2) is 4.98 Å². The van der Waals surface area contributed by atoms with E-state index in [4.69, 9.17) is 4.74 Å². The summed E-state index contributed by atoms with van der Waals surface area (Å²) in [6, 6.07) is 23.1. The van der Waals surface area contributed by atoms with Gasteiger partial charge in [-0.05, 0) is 60.4 Å². The summed E-state index contributed by atoms with van der Waals surface area (Å²) >= 11 is 0. The van der Waals surface area contributed by atoms with Crippen LogP contribution in [-0.4, -0.2) is 12.1 Å². The van der Waals surface area contributed by atoms with Crippen LogP contribution >= 0.6 is 0 Å². The van der Waals surface area contributed by atoms with Gasteiger partial charge in [0, 0.05) is 11.1 Å². The second-order valence-electron chi connectivity index (χ2n) is 5.00. The molecule has 2 heteroatoms. The van der Waals surface area contributed by atoms with Gasteiger partial charge in [0.15, 0.2) is 0 Å². The maximum atomic E-state index is 5.14. The quantitative estimate of drug-likeness (QED) is 0.636. The molecule has 3 rings (SSSR count). The molecular weight excluding hydrogens is 294 g/mol. The Bertz CT molecular complexity index is 936. The van der Waals surface area contributed by atoms with E-state index in [2.05, 4.69) is 28.7 Å². The highest BCUT2D eigenvalue weighted by atomic mass is 16.5. The smallest absolute Gasteiger partial charge is 0.118 e. The normalized spacial score (nSPS) is 9.21. The summed E-state index contributed by atoms with van der Waals surface area (Å²) in [7, 11) is 1.65. The molecule has 2 nitrogen and oxygen atoms in total. The molecule has 0 N–H and O–H groups in total. The van der Waals surface area contributed by atoms with E-state index in [9.17, 15) is 0 Å². The first-order valence-corrected chi connectivity index (χ1v) is 7.54. The van der Waals surface area contributed by atoms with Crippen molar-refractivity contribution in [1.82, 2.24) is 4.98 Å². The van der Waals surface area contributed by atoms with Crippen molar-refractivity contribution in [3.05, 3.63) is 95.3 Å². The number of hydrogen-bond acceptors (Lipinski definition) is 2. The van der Waals surface area contributed by atoms with Crippen LogP contribution in [-0.2, 0) is 0 Å². The average molecular weight is 309 g/mol. The highest BCUT2D eigenvalue weighted by Crippen LogP contribution is 2.10. The Labute approximate surface area is 142 Å². The van der Waals surface area contributed by atoms with E-state index in [-0.39, 0.29) is 0 Å². The van der Waals surface area contributed by atoms with E-state index in [1.54, 1.807) is 7.11 Å². The van der Waals surface area contributed by atoms with Gasteiger partial charge in [0.2, 0.25) is 0 Å². The first kappa shape index (κ1) is 15.4. The van der Waals surface area contributed by atoms with Crippen molar-refractivity contribution in [2.75, 3.05) is 7.11 Å². The van der Waals surface area contributed by atoms with E-state index >= 15 is 0 Å². The molecule has 0 atom stereocenters. The van der Waals surface area contributed by atoms with Gasteiger partial charge < -0.3 is 4.74 Å². The molecule has 0 bridgehead atoms. The number of methoxy groups -OCH3 is 1. The van der Waals surface area contributed by atoms with Crippen LogP contribution < -0.4 is 4.74 Å². The van der Waals surface area contributed by atoms with Gasteiger partial charge in [0.1, 0.15) is 17.1 Å². The zero-order valence-electron chi connectivity index (χ0n) is 13.3. The molecular formula is C22H15NO. The van der Waals surface area contributed by atoms with E-state index in [0.29, 0.717) is 11.4 Å². The highest BCUT2D eigenvalue weighted by molar-refractivity contribution is 5.44. The standard InChI is InChI=1S/C22H15NO/c1-24-22-16-12-19(13-17-22)11-15-21-9-5-8-20(23-21)14-10-18-6-3-2-4-7-18/h2-9,12-13,16-17H,1H3. The lowest BCUT2D eigenvalue weighted by molar-refractivity contribution is 0.415. The summed E-state index contributed by atoms with van der Waals surface area (Å²) in [5, 5.41) is 0. The van der Waals surface area contributed by atoms with E-state index in [1.807, 2.05) is 72.8 Å². The zero-order valence-corrected chi connectivity index (χ0v) is 13.3. The Morgan fingerprint density at radius 1 is 0.625 bits per heavy atom. The van der Waals surface area contributed by atoms with Crippen molar-refractivity contribution >= 4 is 0 Å². The van der Waals surface area contributed by atoms with Crippen molar-refractivity contribution in [2.24, 2.45) is 0 Å². The first-order valence-electron chi connectivity index (χ1n) is 7.54. The lowest BCUT2D eigenvalue weighted by Crippen LogP contribution is -1.87. The third-order valence-electron chi connectivity index (χ3n) is 3.28. The fraction of sp³-hybridized carbons (Fsp3) is 0.0455. The number of benzene rings is 2. The summed E-state index contributed by atoms with van der Waals surface area (Å²) in [6.45, 7) is 0. The van der Waals surface area contributed by atoms with Crippen LogP contribution in [0.25, 0.3) is 0 Å². The topological polar surface area (TPSA) is 22.1 Å². The van der Waals surface area contributed by atoms with Crippen LogP contribution in [0, 0.1) is 23.7 Å². The molecule has 0 aliphatic rings. The van der Waals surface area contributed by atoms with Gasteiger partial charge >= 0.3 is 0 Å². The van der Waals surface area contributed by atoms with E-state index < -0.39 is 0 Å². The summed E-state index contributed by atoms with van der Waals surface area (Å²) in [5.41, 5.74) is 3.29. The van der Waals surface area contributed by atoms with Crippen LogP contribution in [0.2, 0.25) is 0 Å². The third kappa shape index (κ3) is 4.26.